The van der Waals surface area contributed by atoms with Gasteiger partial charge in [0, 0.05) is 10.9 Å². The number of rotatable bonds is 4. The lowest BCUT2D eigenvalue weighted by molar-refractivity contribution is 0.0942. The second-order valence-electron chi connectivity index (χ2n) is 4.75. The number of hydrazine groups is 1. The molecule has 3 rings (SSSR count). The molecule has 0 saturated carbocycles. The normalized spacial score (nSPS) is 10.4. The number of phenols is 1. The number of benzene rings is 2. The molecule has 0 atom stereocenters. The quantitative estimate of drug-likeness (QED) is 0.647. The minimum absolute atomic E-state index is 0.108. The minimum atomic E-state index is -0.336. The second kappa shape index (κ2) is 5.65. The molecule has 110 valence electrons. The summed E-state index contributed by atoms with van der Waals surface area (Å²) in [6, 6.07) is 15.4. The summed E-state index contributed by atoms with van der Waals surface area (Å²) >= 11 is 0. The predicted octanol–water partition coefficient (Wildman–Crippen LogP) is 3.04. The number of nitrogens with one attached hydrogen (secondary N) is 2. The number of para-hydroxylation sites is 1. The van der Waals surface area contributed by atoms with E-state index >= 15 is 0 Å². The first-order valence-corrected chi connectivity index (χ1v) is 6.67. The molecule has 5 heteroatoms. The highest BCUT2D eigenvalue weighted by Gasteiger charge is 2.09. The van der Waals surface area contributed by atoms with Crippen LogP contribution in [0.4, 0.5) is 0 Å². The van der Waals surface area contributed by atoms with Crippen LogP contribution in [0.5, 0.6) is 5.75 Å². The molecule has 2 aromatic carbocycles. The van der Waals surface area contributed by atoms with Gasteiger partial charge < -0.3 is 9.52 Å². The van der Waals surface area contributed by atoms with Crippen LogP contribution in [0, 0.1) is 0 Å². The highest BCUT2D eigenvalue weighted by Crippen LogP contribution is 2.22. The van der Waals surface area contributed by atoms with E-state index in [1.807, 2.05) is 30.3 Å². The molecule has 1 heterocycles. The van der Waals surface area contributed by atoms with E-state index < -0.39 is 0 Å². The Balaban J connectivity index is 1.66. The van der Waals surface area contributed by atoms with Crippen LogP contribution in [-0.2, 0) is 0 Å². The summed E-state index contributed by atoms with van der Waals surface area (Å²) in [6.45, 7) is 3.84. The zero-order valence-electron chi connectivity index (χ0n) is 11.7. The molecule has 0 aliphatic rings. The van der Waals surface area contributed by atoms with Crippen molar-refractivity contribution in [2.75, 3.05) is 0 Å². The standard InChI is InChI=1S/C17H14N2O3/c1-11(16-10-13-4-2-3-5-15(13)22-16)18-19-17(21)12-6-8-14(20)9-7-12/h2-10,18,20H,1H2,(H,19,21). The molecule has 0 bridgehead atoms. The van der Waals surface area contributed by atoms with Crippen molar-refractivity contribution in [2.45, 2.75) is 0 Å². The van der Waals surface area contributed by atoms with E-state index in [0.717, 1.165) is 11.0 Å². The first-order valence-electron chi connectivity index (χ1n) is 6.67. The van der Waals surface area contributed by atoms with Crippen LogP contribution in [0.25, 0.3) is 16.7 Å². The van der Waals surface area contributed by atoms with Crippen LogP contribution in [0.3, 0.4) is 0 Å². The van der Waals surface area contributed by atoms with E-state index in [4.69, 9.17) is 4.42 Å². The molecule has 0 radical (unpaired) electrons. The number of phenolic OH excluding ortho intramolecular Hbond substituents is 1. The van der Waals surface area contributed by atoms with Gasteiger partial charge in [0.05, 0.1) is 5.70 Å². The van der Waals surface area contributed by atoms with Crippen molar-refractivity contribution in [1.82, 2.24) is 10.9 Å². The van der Waals surface area contributed by atoms with Gasteiger partial charge in [-0.2, -0.15) is 0 Å². The monoisotopic (exact) mass is 294 g/mol. The fourth-order valence-corrected chi connectivity index (χ4v) is 2.01. The maximum Gasteiger partial charge on any atom is 0.269 e. The Hall–Kier alpha value is -3.21. The Kier molecular flexibility index (Phi) is 3.53. The maximum atomic E-state index is 11.9. The number of fused-ring (bicyclic) bond motifs is 1. The predicted molar refractivity (Wildman–Crippen MR) is 84.0 cm³/mol. The summed E-state index contributed by atoms with van der Waals surface area (Å²) in [5.41, 5.74) is 6.88. The largest absolute Gasteiger partial charge is 0.508 e. The number of furan rings is 1. The number of amides is 1. The number of carbonyl (C=O) groups excluding carboxylic acids is 1. The molecule has 1 aromatic heterocycles. The van der Waals surface area contributed by atoms with Gasteiger partial charge in [0.25, 0.3) is 5.91 Å². The van der Waals surface area contributed by atoms with Crippen LogP contribution in [0.1, 0.15) is 16.1 Å². The summed E-state index contributed by atoms with van der Waals surface area (Å²) in [5.74, 6) is 0.320. The lowest BCUT2D eigenvalue weighted by Crippen LogP contribution is -2.35. The van der Waals surface area contributed by atoms with Crippen molar-refractivity contribution in [2.24, 2.45) is 0 Å². The SMILES string of the molecule is C=C(NNC(=O)c1ccc(O)cc1)c1cc2ccccc2o1. The molecule has 0 unspecified atom stereocenters. The summed E-state index contributed by atoms with van der Waals surface area (Å²) in [7, 11) is 0. The molecule has 0 fully saturated rings. The molecule has 0 saturated heterocycles. The van der Waals surface area contributed by atoms with Crippen molar-refractivity contribution < 1.29 is 14.3 Å². The summed E-state index contributed by atoms with van der Waals surface area (Å²) in [4.78, 5) is 11.9. The highest BCUT2D eigenvalue weighted by atomic mass is 16.3. The van der Waals surface area contributed by atoms with Crippen LogP contribution in [-0.4, -0.2) is 11.0 Å². The Morgan fingerprint density at radius 1 is 1.05 bits per heavy atom. The number of carbonyl (C=O) groups is 1. The zero-order valence-corrected chi connectivity index (χ0v) is 11.7. The van der Waals surface area contributed by atoms with E-state index in [1.54, 1.807) is 0 Å². The molecule has 3 N–H and O–H groups in total. The minimum Gasteiger partial charge on any atom is -0.508 e. The van der Waals surface area contributed by atoms with Crippen LogP contribution < -0.4 is 10.9 Å². The Labute approximate surface area is 126 Å². The topological polar surface area (TPSA) is 74.5 Å². The average molecular weight is 294 g/mol. The van der Waals surface area contributed by atoms with Crippen molar-refractivity contribution >= 4 is 22.6 Å². The highest BCUT2D eigenvalue weighted by molar-refractivity contribution is 5.94. The van der Waals surface area contributed by atoms with E-state index in [9.17, 15) is 9.90 Å². The first kappa shape index (κ1) is 13.8. The van der Waals surface area contributed by atoms with Crippen molar-refractivity contribution in [3.63, 3.8) is 0 Å². The third-order valence-corrected chi connectivity index (χ3v) is 3.18. The van der Waals surface area contributed by atoms with E-state index in [0.29, 0.717) is 17.0 Å². The fourth-order valence-electron chi connectivity index (χ4n) is 2.01. The van der Waals surface area contributed by atoms with Gasteiger partial charge in [-0.1, -0.05) is 24.8 Å². The van der Waals surface area contributed by atoms with Gasteiger partial charge in [0.1, 0.15) is 11.3 Å². The van der Waals surface area contributed by atoms with Gasteiger partial charge in [-0.25, -0.2) is 0 Å². The smallest absolute Gasteiger partial charge is 0.269 e. The van der Waals surface area contributed by atoms with E-state index in [2.05, 4.69) is 17.4 Å². The number of hydrogen-bond donors (Lipinski definition) is 3. The molecule has 3 aromatic rings. The molecule has 22 heavy (non-hydrogen) atoms. The number of aromatic hydroxyl groups is 1. The number of hydrogen-bond acceptors (Lipinski definition) is 4. The van der Waals surface area contributed by atoms with Gasteiger partial charge >= 0.3 is 0 Å². The van der Waals surface area contributed by atoms with Crippen LogP contribution in [0.2, 0.25) is 0 Å². The molecule has 0 aliphatic heterocycles. The van der Waals surface area contributed by atoms with E-state index in [-0.39, 0.29) is 11.7 Å². The average Bonchev–Trinajstić information content (AvgIpc) is 2.97. The Morgan fingerprint density at radius 2 is 1.77 bits per heavy atom. The lowest BCUT2D eigenvalue weighted by Gasteiger charge is -2.09. The molecular weight excluding hydrogens is 280 g/mol. The van der Waals surface area contributed by atoms with E-state index in [1.165, 1.54) is 24.3 Å². The summed E-state index contributed by atoms with van der Waals surface area (Å²) in [6.07, 6.45) is 0. The zero-order chi connectivity index (χ0) is 15.5. The lowest BCUT2D eigenvalue weighted by atomic mass is 10.2. The Morgan fingerprint density at radius 3 is 2.50 bits per heavy atom. The Bertz CT molecular complexity index is 801. The molecular formula is C17H14N2O3. The van der Waals surface area contributed by atoms with Gasteiger partial charge in [0.2, 0.25) is 0 Å². The summed E-state index contributed by atoms with van der Waals surface area (Å²) < 4.78 is 5.64. The molecule has 0 aliphatic carbocycles. The van der Waals surface area contributed by atoms with Crippen molar-refractivity contribution in [3.05, 3.63) is 72.5 Å². The second-order valence-corrected chi connectivity index (χ2v) is 4.75. The molecule has 1 amide bonds. The van der Waals surface area contributed by atoms with Gasteiger partial charge in [-0.05, 0) is 36.4 Å². The maximum absolute atomic E-state index is 11.9. The van der Waals surface area contributed by atoms with Crippen molar-refractivity contribution in [3.8, 4) is 5.75 Å². The summed E-state index contributed by atoms with van der Waals surface area (Å²) in [5, 5.41) is 10.2. The van der Waals surface area contributed by atoms with Crippen LogP contribution in [0.15, 0.2) is 65.6 Å². The van der Waals surface area contributed by atoms with Gasteiger partial charge in [0.15, 0.2) is 5.76 Å². The van der Waals surface area contributed by atoms with Gasteiger partial charge in [-0.15, -0.1) is 0 Å². The third-order valence-electron chi connectivity index (χ3n) is 3.18. The molecule has 0 spiro atoms. The fraction of sp³-hybridized carbons (Fsp3) is 0. The van der Waals surface area contributed by atoms with Gasteiger partial charge in [-0.3, -0.25) is 15.6 Å². The molecule has 5 nitrogen and oxygen atoms in total. The van der Waals surface area contributed by atoms with Crippen molar-refractivity contribution in [1.29, 1.82) is 0 Å². The van der Waals surface area contributed by atoms with Crippen LogP contribution >= 0.6 is 0 Å². The first-order chi connectivity index (χ1) is 10.6. The third kappa shape index (κ3) is 2.78.